The van der Waals surface area contributed by atoms with Crippen LogP contribution in [0.4, 0.5) is 0 Å². The Labute approximate surface area is 107 Å². The first kappa shape index (κ1) is 12.8. The van der Waals surface area contributed by atoms with E-state index in [0.717, 1.165) is 23.1 Å². The number of aromatic nitrogens is 2. The molecule has 0 aliphatic carbocycles. The molecule has 4 nitrogen and oxygen atoms in total. The fourth-order valence-corrected chi connectivity index (χ4v) is 1.99. The summed E-state index contributed by atoms with van der Waals surface area (Å²) in [4.78, 5) is 4.25. The van der Waals surface area contributed by atoms with Gasteiger partial charge in [-0.05, 0) is 32.4 Å². The molecule has 0 amide bonds. The van der Waals surface area contributed by atoms with Gasteiger partial charge in [0, 0.05) is 5.56 Å². The second kappa shape index (κ2) is 5.31. The van der Waals surface area contributed by atoms with Crippen LogP contribution in [0.1, 0.15) is 42.8 Å². The molecule has 0 fully saturated rings. The average Bonchev–Trinajstić information content (AvgIpc) is 2.77. The van der Waals surface area contributed by atoms with Crippen LogP contribution in [0, 0.1) is 13.8 Å². The summed E-state index contributed by atoms with van der Waals surface area (Å²) in [5.41, 5.74) is 3.20. The zero-order valence-corrected chi connectivity index (χ0v) is 11.0. The van der Waals surface area contributed by atoms with Gasteiger partial charge in [0.1, 0.15) is 6.10 Å². The highest BCUT2D eigenvalue weighted by molar-refractivity contribution is 5.55. The molecule has 0 spiro atoms. The Morgan fingerprint density at radius 1 is 1.22 bits per heavy atom. The minimum Gasteiger partial charge on any atom is -0.385 e. The number of rotatable bonds is 4. The van der Waals surface area contributed by atoms with E-state index in [-0.39, 0.29) is 0 Å². The quantitative estimate of drug-likeness (QED) is 0.900. The zero-order valence-electron chi connectivity index (χ0n) is 11.0. The number of hydrogen-bond acceptors (Lipinski definition) is 4. The van der Waals surface area contributed by atoms with Crippen LogP contribution >= 0.6 is 0 Å². The maximum Gasteiger partial charge on any atom is 0.258 e. The lowest BCUT2D eigenvalue weighted by molar-refractivity contribution is 0.153. The van der Waals surface area contributed by atoms with Crippen LogP contribution in [-0.4, -0.2) is 15.2 Å². The number of nitrogens with zero attached hydrogens (tertiary/aromatic N) is 2. The van der Waals surface area contributed by atoms with E-state index >= 15 is 0 Å². The summed E-state index contributed by atoms with van der Waals surface area (Å²) >= 11 is 0. The van der Waals surface area contributed by atoms with Gasteiger partial charge in [0.2, 0.25) is 5.82 Å². The van der Waals surface area contributed by atoms with Crippen LogP contribution < -0.4 is 0 Å². The van der Waals surface area contributed by atoms with E-state index < -0.39 is 6.10 Å². The molecule has 1 N–H and O–H groups in total. The highest BCUT2D eigenvalue weighted by Gasteiger charge is 2.15. The predicted molar refractivity (Wildman–Crippen MR) is 69.1 cm³/mol. The Bertz CT molecular complexity index is 514. The molecule has 1 aromatic heterocycles. The van der Waals surface area contributed by atoms with Gasteiger partial charge in [-0.15, -0.1) is 0 Å². The van der Waals surface area contributed by atoms with Crippen molar-refractivity contribution in [3.63, 3.8) is 0 Å². The molecule has 1 heterocycles. The van der Waals surface area contributed by atoms with Crippen molar-refractivity contribution in [3.05, 3.63) is 35.2 Å². The van der Waals surface area contributed by atoms with Gasteiger partial charge in [-0.25, -0.2) is 0 Å². The minimum absolute atomic E-state index is 0.367. The van der Waals surface area contributed by atoms with Crippen molar-refractivity contribution in [2.75, 3.05) is 0 Å². The van der Waals surface area contributed by atoms with E-state index in [2.05, 4.69) is 16.2 Å². The molecule has 2 aromatic rings. The average molecular weight is 246 g/mol. The van der Waals surface area contributed by atoms with E-state index in [1.807, 2.05) is 32.9 Å². The summed E-state index contributed by atoms with van der Waals surface area (Å²) in [6.07, 6.45) is 0.888. The zero-order chi connectivity index (χ0) is 13.1. The molecule has 0 saturated carbocycles. The third-order valence-corrected chi connectivity index (χ3v) is 2.77. The van der Waals surface area contributed by atoms with E-state index in [9.17, 15) is 5.11 Å². The van der Waals surface area contributed by atoms with Crippen molar-refractivity contribution in [3.8, 4) is 11.5 Å². The standard InChI is InChI=1S/C14H18N2O2/c1-4-5-12(17)13-15-14(18-16-13)11-7-9(2)6-10(3)8-11/h6-8,12,17H,4-5H2,1-3H3. The van der Waals surface area contributed by atoms with Gasteiger partial charge in [0.15, 0.2) is 0 Å². The van der Waals surface area contributed by atoms with Gasteiger partial charge in [-0.2, -0.15) is 4.98 Å². The smallest absolute Gasteiger partial charge is 0.258 e. The van der Waals surface area contributed by atoms with Crippen molar-refractivity contribution in [2.45, 2.75) is 39.7 Å². The van der Waals surface area contributed by atoms with Crippen molar-refractivity contribution in [2.24, 2.45) is 0 Å². The van der Waals surface area contributed by atoms with Gasteiger partial charge in [-0.1, -0.05) is 35.7 Å². The number of hydrogen-bond donors (Lipinski definition) is 1. The molecule has 2 rings (SSSR count). The van der Waals surface area contributed by atoms with E-state index in [4.69, 9.17) is 4.52 Å². The highest BCUT2D eigenvalue weighted by atomic mass is 16.5. The first-order chi connectivity index (χ1) is 8.60. The lowest BCUT2D eigenvalue weighted by atomic mass is 10.1. The molecule has 0 radical (unpaired) electrons. The molecular formula is C14H18N2O2. The molecule has 0 saturated heterocycles. The van der Waals surface area contributed by atoms with Gasteiger partial charge in [0.25, 0.3) is 5.89 Å². The summed E-state index contributed by atoms with van der Waals surface area (Å²) in [5.74, 6) is 0.831. The minimum atomic E-state index is -0.640. The number of aliphatic hydroxyl groups is 1. The lowest BCUT2D eigenvalue weighted by Crippen LogP contribution is -1.98. The number of benzene rings is 1. The topological polar surface area (TPSA) is 59.2 Å². The molecule has 96 valence electrons. The summed E-state index contributed by atoms with van der Waals surface area (Å²) < 4.78 is 5.21. The van der Waals surface area contributed by atoms with E-state index in [0.29, 0.717) is 18.1 Å². The van der Waals surface area contributed by atoms with Crippen LogP contribution in [0.5, 0.6) is 0 Å². The second-order valence-electron chi connectivity index (χ2n) is 4.64. The third kappa shape index (κ3) is 2.76. The van der Waals surface area contributed by atoms with Crippen molar-refractivity contribution in [1.29, 1.82) is 0 Å². The molecule has 0 bridgehead atoms. The third-order valence-electron chi connectivity index (χ3n) is 2.77. The fraction of sp³-hybridized carbons (Fsp3) is 0.429. The molecule has 18 heavy (non-hydrogen) atoms. The van der Waals surface area contributed by atoms with E-state index in [1.54, 1.807) is 0 Å². The Kier molecular flexibility index (Phi) is 3.77. The highest BCUT2D eigenvalue weighted by Crippen LogP contribution is 2.23. The molecule has 1 atom stereocenters. The van der Waals surface area contributed by atoms with Crippen molar-refractivity contribution < 1.29 is 9.63 Å². The van der Waals surface area contributed by atoms with E-state index in [1.165, 1.54) is 0 Å². The largest absolute Gasteiger partial charge is 0.385 e. The van der Waals surface area contributed by atoms with Gasteiger partial charge in [0.05, 0.1) is 0 Å². The molecule has 1 unspecified atom stereocenters. The normalized spacial score (nSPS) is 12.7. The fourth-order valence-electron chi connectivity index (χ4n) is 1.99. The maximum absolute atomic E-state index is 9.80. The van der Waals surface area contributed by atoms with Crippen LogP contribution in [0.25, 0.3) is 11.5 Å². The molecule has 1 aromatic carbocycles. The molecule has 0 aliphatic rings. The van der Waals surface area contributed by atoms with Crippen LogP contribution in [0.3, 0.4) is 0 Å². The Hall–Kier alpha value is -1.68. The molecular weight excluding hydrogens is 228 g/mol. The van der Waals surface area contributed by atoms with Crippen molar-refractivity contribution in [1.82, 2.24) is 10.1 Å². The van der Waals surface area contributed by atoms with Gasteiger partial charge in [-0.3, -0.25) is 0 Å². The molecule has 0 aliphatic heterocycles. The summed E-state index contributed by atoms with van der Waals surface area (Å²) in [5, 5.41) is 13.6. The van der Waals surface area contributed by atoms with Crippen LogP contribution in [0.2, 0.25) is 0 Å². The van der Waals surface area contributed by atoms with Crippen LogP contribution in [-0.2, 0) is 0 Å². The maximum atomic E-state index is 9.80. The first-order valence-electron chi connectivity index (χ1n) is 6.20. The second-order valence-corrected chi connectivity index (χ2v) is 4.64. The Morgan fingerprint density at radius 3 is 2.50 bits per heavy atom. The number of aliphatic hydroxyl groups excluding tert-OH is 1. The van der Waals surface area contributed by atoms with Gasteiger partial charge >= 0.3 is 0 Å². The Morgan fingerprint density at radius 2 is 1.89 bits per heavy atom. The molecule has 4 heteroatoms. The summed E-state index contributed by atoms with van der Waals surface area (Å²) in [6.45, 7) is 6.06. The monoisotopic (exact) mass is 246 g/mol. The summed E-state index contributed by atoms with van der Waals surface area (Å²) in [7, 11) is 0. The predicted octanol–water partition coefficient (Wildman–Crippen LogP) is 3.19. The lowest BCUT2D eigenvalue weighted by Gasteiger charge is -2.01. The van der Waals surface area contributed by atoms with Gasteiger partial charge < -0.3 is 9.63 Å². The first-order valence-corrected chi connectivity index (χ1v) is 6.20. The SMILES string of the molecule is CCCC(O)c1noc(-c2cc(C)cc(C)c2)n1. The van der Waals surface area contributed by atoms with Crippen LogP contribution in [0.15, 0.2) is 22.7 Å². The summed E-state index contributed by atoms with van der Waals surface area (Å²) in [6, 6.07) is 6.08. The Balaban J connectivity index is 2.29. The van der Waals surface area contributed by atoms with Crippen molar-refractivity contribution >= 4 is 0 Å². The number of aryl methyl sites for hydroxylation is 2.